The van der Waals surface area contributed by atoms with Crippen LogP contribution in [0, 0.1) is 0 Å². The molecule has 0 unspecified atom stereocenters. The predicted octanol–water partition coefficient (Wildman–Crippen LogP) is -0.374. The van der Waals surface area contributed by atoms with Crippen LogP contribution in [0.1, 0.15) is 20.3 Å². The van der Waals surface area contributed by atoms with E-state index in [1.165, 1.54) is 7.05 Å². The van der Waals surface area contributed by atoms with Crippen LogP contribution in [-0.2, 0) is 24.5 Å². The average Bonchev–Trinajstić information content (AvgIpc) is 2.33. The summed E-state index contributed by atoms with van der Waals surface area (Å²) in [7, 11) is -2.42. The van der Waals surface area contributed by atoms with Gasteiger partial charge in [0.05, 0.1) is 13.0 Å². The number of carboxylic acid groups (broad SMARTS) is 1. The van der Waals surface area contributed by atoms with E-state index >= 15 is 0 Å². The number of hydrogen-bond donors (Lipinski definition) is 2. The highest BCUT2D eigenvalue weighted by Gasteiger charge is 2.20. The molecule has 19 heavy (non-hydrogen) atoms. The SMILES string of the molecule is CCOC(CNS(=O)(=O)N(C)CCC(=O)O)OCC. The third-order valence-corrected chi connectivity index (χ3v) is 3.72. The average molecular weight is 298 g/mol. The second-order valence-electron chi connectivity index (χ2n) is 3.66. The van der Waals surface area contributed by atoms with Crippen LogP contribution in [0.3, 0.4) is 0 Å². The molecule has 0 radical (unpaired) electrons. The van der Waals surface area contributed by atoms with E-state index in [-0.39, 0.29) is 19.5 Å². The van der Waals surface area contributed by atoms with Gasteiger partial charge in [-0.3, -0.25) is 4.79 Å². The molecule has 0 atom stereocenters. The Labute approximate surface area is 113 Å². The third-order valence-electron chi connectivity index (χ3n) is 2.19. The van der Waals surface area contributed by atoms with Gasteiger partial charge in [0, 0.05) is 26.8 Å². The molecule has 8 nitrogen and oxygen atoms in total. The molecule has 0 heterocycles. The minimum absolute atomic E-state index is 0.0264. The number of carboxylic acids is 1. The van der Waals surface area contributed by atoms with Crippen molar-refractivity contribution in [1.29, 1.82) is 0 Å². The number of ether oxygens (including phenoxy) is 2. The molecule has 0 aliphatic rings. The van der Waals surface area contributed by atoms with E-state index in [9.17, 15) is 13.2 Å². The van der Waals surface area contributed by atoms with Crippen molar-refractivity contribution in [2.24, 2.45) is 0 Å². The maximum atomic E-state index is 11.8. The van der Waals surface area contributed by atoms with E-state index in [4.69, 9.17) is 14.6 Å². The minimum atomic E-state index is -3.73. The standard InChI is InChI=1S/C10H22N2O6S/c1-4-17-10(18-5-2)8-11-19(15,16)12(3)7-6-9(13)14/h10-11H,4-8H2,1-3H3,(H,13,14). The molecule has 114 valence electrons. The number of aliphatic carboxylic acids is 1. The van der Waals surface area contributed by atoms with Gasteiger partial charge in [-0.05, 0) is 13.8 Å². The van der Waals surface area contributed by atoms with Crippen LogP contribution in [0.15, 0.2) is 0 Å². The molecule has 0 amide bonds. The summed E-state index contributed by atoms with van der Waals surface area (Å²) in [6.45, 7) is 4.24. The van der Waals surface area contributed by atoms with Crippen molar-refractivity contribution < 1.29 is 27.8 Å². The lowest BCUT2D eigenvalue weighted by Crippen LogP contribution is -2.43. The van der Waals surface area contributed by atoms with Gasteiger partial charge >= 0.3 is 5.97 Å². The molecule has 0 spiro atoms. The molecule has 0 aliphatic heterocycles. The zero-order valence-electron chi connectivity index (χ0n) is 11.5. The number of carbonyl (C=O) groups is 1. The number of nitrogens with one attached hydrogen (secondary N) is 1. The first kappa shape index (κ1) is 18.3. The van der Waals surface area contributed by atoms with Crippen LogP contribution in [0.25, 0.3) is 0 Å². The fourth-order valence-electron chi connectivity index (χ4n) is 1.19. The molecule has 0 rings (SSSR count). The van der Waals surface area contributed by atoms with Crippen molar-refractivity contribution in [3.05, 3.63) is 0 Å². The molecule has 0 aliphatic carbocycles. The third kappa shape index (κ3) is 8.11. The zero-order chi connectivity index (χ0) is 14.9. The lowest BCUT2D eigenvalue weighted by molar-refractivity contribution is -0.137. The maximum absolute atomic E-state index is 11.8. The fourth-order valence-corrected chi connectivity index (χ4v) is 2.09. The van der Waals surface area contributed by atoms with Crippen LogP contribution in [0.4, 0.5) is 0 Å². The van der Waals surface area contributed by atoms with Crippen molar-refractivity contribution in [2.75, 3.05) is 33.4 Å². The first-order valence-electron chi connectivity index (χ1n) is 5.99. The smallest absolute Gasteiger partial charge is 0.304 e. The minimum Gasteiger partial charge on any atom is -0.481 e. The van der Waals surface area contributed by atoms with E-state index < -0.39 is 22.5 Å². The molecular formula is C10H22N2O6S. The van der Waals surface area contributed by atoms with Gasteiger partial charge in [0.25, 0.3) is 10.2 Å². The second-order valence-corrected chi connectivity index (χ2v) is 5.52. The maximum Gasteiger partial charge on any atom is 0.304 e. The van der Waals surface area contributed by atoms with E-state index in [2.05, 4.69) is 4.72 Å². The van der Waals surface area contributed by atoms with Crippen LogP contribution in [0.5, 0.6) is 0 Å². The van der Waals surface area contributed by atoms with Crippen LogP contribution < -0.4 is 4.72 Å². The van der Waals surface area contributed by atoms with Crippen molar-refractivity contribution in [3.63, 3.8) is 0 Å². The number of hydrogen-bond acceptors (Lipinski definition) is 5. The molecular weight excluding hydrogens is 276 g/mol. The molecule has 0 saturated heterocycles. The van der Waals surface area contributed by atoms with Gasteiger partial charge in [-0.15, -0.1) is 0 Å². The summed E-state index contributed by atoms with van der Waals surface area (Å²) in [6, 6.07) is 0. The Morgan fingerprint density at radius 2 is 1.84 bits per heavy atom. The van der Waals surface area contributed by atoms with Crippen molar-refractivity contribution >= 4 is 16.2 Å². The number of nitrogens with zero attached hydrogens (tertiary/aromatic N) is 1. The van der Waals surface area contributed by atoms with Crippen molar-refractivity contribution in [2.45, 2.75) is 26.6 Å². The van der Waals surface area contributed by atoms with Crippen molar-refractivity contribution in [3.8, 4) is 0 Å². The highest BCUT2D eigenvalue weighted by molar-refractivity contribution is 7.87. The summed E-state index contributed by atoms with van der Waals surface area (Å²) in [6.07, 6.45) is -0.907. The molecule has 2 N–H and O–H groups in total. The molecule has 9 heteroatoms. The van der Waals surface area contributed by atoms with E-state index in [1.54, 1.807) is 13.8 Å². The molecule has 0 aromatic heterocycles. The largest absolute Gasteiger partial charge is 0.481 e. The monoisotopic (exact) mass is 298 g/mol. The van der Waals surface area contributed by atoms with Gasteiger partial charge in [-0.25, -0.2) is 0 Å². The Hall–Kier alpha value is -0.740. The van der Waals surface area contributed by atoms with E-state index in [1.807, 2.05) is 0 Å². The quantitative estimate of drug-likeness (QED) is 0.504. The normalized spacial score (nSPS) is 12.3. The predicted molar refractivity (Wildman–Crippen MR) is 68.8 cm³/mol. The van der Waals surface area contributed by atoms with Gasteiger partial charge in [0.15, 0.2) is 6.29 Å². The lowest BCUT2D eigenvalue weighted by Gasteiger charge is -2.20. The van der Waals surface area contributed by atoms with Crippen molar-refractivity contribution in [1.82, 2.24) is 9.03 Å². The van der Waals surface area contributed by atoms with Gasteiger partial charge in [-0.1, -0.05) is 0 Å². The second kappa shape index (κ2) is 9.21. The Kier molecular flexibility index (Phi) is 8.85. The Morgan fingerprint density at radius 1 is 1.32 bits per heavy atom. The van der Waals surface area contributed by atoms with Crippen LogP contribution in [0.2, 0.25) is 0 Å². The van der Waals surface area contributed by atoms with Gasteiger partial charge in [0.2, 0.25) is 0 Å². The van der Waals surface area contributed by atoms with Crippen LogP contribution in [-0.4, -0.2) is 63.4 Å². The summed E-state index contributed by atoms with van der Waals surface area (Å²) in [5.74, 6) is -1.05. The summed E-state index contributed by atoms with van der Waals surface area (Å²) < 4.78 is 37.2. The lowest BCUT2D eigenvalue weighted by atomic mass is 10.4. The molecule has 0 saturated carbocycles. The Bertz CT molecular complexity index is 353. The van der Waals surface area contributed by atoms with Gasteiger partial charge in [-0.2, -0.15) is 17.4 Å². The van der Waals surface area contributed by atoms with E-state index in [0.717, 1.165) is 4.31 Å². The first-order chi connectivity index (χ1) is 8.83. The molecule has 0 aromatic carbocycles. The topological polar surface area (TPSA) is 105 Å². The molecule has 0 aromatic rings. The first-order valence-corrected chi connectivity index (χ1v) is 7.43. The van der Waals surface area contributed by atoms with Gasteiger partial charge in [0.1, 0.15) is 0 Å². The fraction of sp³-hybridized carbons (Fsp3) is 0.900. The molecule has 0 bridgehead atoms. The highest BCUT2D eigenvalue weighted by atomic mass is 32.2. The number of rotatable bonds is 11. The van der Waals surface area contributed by atoms with Gasteiger partial charge < -0.3 is 14.6 Å². The highest BCUT2D eigenvalue weighted by Crippen LogP contribution is 1.99. The Balaban J connectivity index is 4.29. The van der Waals surface area contributed by atoms with E-state index in [0.29, 0.717) is 13.2 Å². The summed E-state index contributed by atoms with van der Waals surface area (Å²) >= 11 is 0. The summed E-state index contributed by atoms with van der Waals surface area (Å²) in [5, 5.41) is 8.50. The zero-order valence-corrected chi connectivity index (χ0v) is 12.3. The Morgan fingerprint density at radius 3 is 2.26 bits per heavy atom. The summed E-state index contributed by atoms with van der Waals surface area (Å²) in [4.78, 5) is 10.4. The van der Waals surface area contributed by atoms with Crippen LogP contribution >= 0.6 is 0 Å². The molecule has 0 fully saturated rings. The summed E-state index contributed by atoms with van der Waals surface area (Å²) in [5.41, 5.74) is 0.